The van der Waals surface area contributed by atoms with E-state index >= 15 is 0 Å². The van der Waals surface area contributed by atoms with E-state index in [1.807, 2.05) is 10.9 Å². The Kier molecular flexibility index (Phi) is 7.70. The van der Waals surface area contributed by atoms with E-state index in [1.54, 1.807) is 20.8 Å². The Balaban J connectivity index is 2.96. The number of alkyl halides is 1. The Morgan fingerprint density at radius 3 is 2.19 bits per heavy atom. The van der Waals surface area contributed by atoms with E-state index in [0.717, 1.165) is 0 Å². The number of benzene rings is 1. The third-order valence-electron chi connectivity index (χ3n) is 3.10. The summed E-state index contributed by atoms with van der Waals surface area (Å²) in [5.74, 6) is -7.10. The van der Waals surface area contributed by atoms with Gasteiger partial charge in [-0.2, -0.15) is 0 Å². The zero-order valence-corrected chi connectivity index (χ0v) is 15.2. The molecular weight excluding hydrogens is 377 g/mol. The second-order valence-electron chi connectivity index (χ2n) is 6.51. The lowest BCUT2D eigenvalue weighted by atomic mass is 9.92. The molecule has 2 unspecified atom stereocenters. The van der Waals surface area contributed by atoms with Gasteiger partial charge in [0.05, 0.1) is 12.0 Å². The first-order valence-electron chi connectivity index (χ1n) is 7.62. The minimum atomic E-state index is -1.68. The van der Waals surface area contributed by atoms with Crippen LogP contribution in [0, 0.1) is 17.5 Å². The number of carbonyl (C=O) groups is 2. The Morgan fingerprint density at radius 2 is 1.73 bits per heavy atom. The number of halogens is 4. The number of hydrazine groups is 1. The molecule has 26 heavy (non-hydrogen) atoms. The number of rotatable bonds is 5. The van der Waals surface area contributed by atoms with Gasteiger partial charge in [-0.25, -0.2) is 23.4 Å². The van der Waals surface area contributed by atoms with E-state index in [1.165, 1.54) is 0 Å². The lowest BCUT2D eigenvalue weighted by Crippen LogP contribution is -2.46. The number of nitrogens with one attached hydrogen (secondary N) is 2. The molecule has 2 atom stereocenters. The summed E-state index contributed by atoms with van der Waals surface area (Å²) in [6, 6.07) is 1.27. The standard InChI is InChI=1S/C16H20ClF3N2O4/c1-16(2,3)26-15(25)22-21-14(24)10(6-9(23)7-17)8-4-11(18)13(20)12(19)5-8/h4-5,9-10,23H,6-7H2,1-3H3,(H,21,24)(H,22,25). The Hall–Kier alpha value is -2.00. The van der Waals surface area contributed by atoms with Gasteiger partial charge in [0.2, 0.25) is 5.91 Å². The first-order valence-corrected chi connectivity index (χ1v) is 8.15. The molecule has 10 heteroatoms. The molecule has 0 heterocycles. The highest BCUT2D eigenvalue weighted by Crippen LogP contribution is 2.25. The summed E-state index contributed by atoms with van der Waals surface area (Å²) in [6.07, 6.45) is -2.44. The summed E-state index contributed by atoms with van der Waals surface area (Å²) in [5, 5.41) is 9.68. The number of hydrogen-bond acceptors (Lipinski definition) is 4. The summed E-state index contributed by atoms with van der Waals surface area (Å²) in [4.78, 5) is 23.9. The SMILES string of the molecule is CC(C)(C)OC(=O)NNC(=O)C(CC(O)CCl)c1cc(F)c(F)c(F)c1. The van der Waals surface area contributed by atoms with E-state index in [4.69, 9.17) is 16.3 Å². The van der Waals surface area contributed by atoms with Crippen LogP contribution in [0.4, 0.5) is 18.0 Å². The van der Waals surface area contributed by atoms with Gasteiger partial charge in [-0.15, -0.1) is 11.6 Å². The van der Waals surface area contributed by atoms with Gasteiger partial charge in [-0.05, 0) is 44.9 Å². The van der Waals surface area contributed by atoms with Gasteiger partial charge in [-0.3, -0.25) is 10.2 Å². The fraction of sp³-hybridized carbons (Fsp3) is 0.500. The highest BCUT2D eigenvalue weighted by molar-refractivity contribution is 6.18. The summed E-state index contributed by atoms with van der Waals surface area (Å²) in [7, 11) is 0. The molecule has 2 amide bonds. The van der Waals surface area contributed by atoms with Gasteiger partial charge < -0.3 is 9.84 Å². The van der Waals surface area contributed by atoms with Crippen LogP contribution in [0.15, 0.2) is 12.1 Å². The number of carbonyl (C=O) groups excluding carboxylic acids is 2. The molecule has 0 spiro atoms. The second kappa shape index (κ2) is 9.09. The van der Waals surface area contributed by atoms with Crippen LogP contribution >= 0.6 is 11.6 Å². The molecule has 0 saturated heterocycles. The fourth-order valence-corrected chi connectivity index (χ4v) is 2.14. The molecular formula is C16H20ClF3N2O4. The predicted octanol–water partition coefficient (Wildman–Crippen LogP) is 2.73. The quantitative estimate of drug-likeness (QED) is 0.406. The van der Waals surface area contributed by atoms with Crippen LogP contribution in [-0.4, -0.2) is 34.7 Å². The van der Waals surface area contributed by atoms with E-state index in [2.05, 4.69) is 0 Å². The maximum atomic E-state index is 13.5. The van der Waals surface area contributed by atoms with Crippen molar-refractivity contribution in [2.24, 2.45) is 0 Å². The number of aliphatic hydroxyl groups excluding tert-OH is 1. The van der Waals surface area contributed by atoms with Gasteiger partial charge in [0.1, 0.15) is 5.60 Å². The fourth-order valence-electron chi connectivity index (χ4n) is 2.01. The second-order valence-corrected chi connectivity index (χ2v) is 6.82. The Morgan fingerprint density at radius 1 is 1.19 bits per heavy atom. The predicted molar refractivity (Wildman–Crippen MR) is 87.9 cm³/mol. The van der Waals surface area contributed by atoms with Crippen molar-refractivity contribution in [3.63, 3.8) is 0 Å². The average molecular weight is 397 g/mol. The smallest absolute Gasteiger partial charge is 0.426 e. The molecule has 1 aromatic carbocycles. The van der Waals surface area contributed by atoms with Gasteiger partial charge in [0.15, 0.2) is 17.5 Å². The zero-order chi connectivity index (χ0) is 20.1. The average Bonchev–Trinajstić information content (AvgIpc) is 2.53. The molecule has 0 saturated carbocycles. The van der Waals surface area contributed by atoms with Gasteiger partial charge in [-0.1, -0.05) is 0 Å². The van der Waals surface area contributed by atoms with Crippen molar-refractivity contribution >= 4 is 23.6 Å². The first-order chi connectivity index (χ1) is 11.9. The van der Waals surface area contributed by atoms with Crippen LogP contribution in [-0.2, 0) is 9.53 Å². The third-order valence-corrected chi connectivity index (χ3v) is 3.45. The van der Waals surface area contributed by atoms with Crippen molar-refractivity contribution in [2.75, 3.05) is 5.88 Å². The van der Waals surface area contributed by atoms with E-state index < -0.39 is 47.1 Å². The minimum Gasteiger partial charge on any atom is -0.443 e. The molecule has 6 nitrogen and oxygen atoms in total. The third kappa shape index (κ3) is 6.72. The van der Waals surface area contributed by atoms with Gasteiger partial charge in [0.25, 0.3) is 0 Å². The van der Waals surface area contributed by atoms with Crippen molar-refractivity contribution < 1.29 is 32.6 Å². The topological polar surface area (TPSA) is 87.7 Å². The van der Waals surface area contributed by atoms with Crippen LogP contribution in [0.1, 0.15) is 38.7 Å². The minimum absolute atomic E-state index is 0.228. The molecule has 0 radical (unpaired) electrons. The van der Waals surface area contributed by atoms with Crippen LogP contribution in [0.5, 0.6) is 0 Å². The molecule has 1 rings (SSSR count). The molecule has 3 N–H and O–H groups in total. The number of ether oxygens (including phenoxy) is 1. The lowest BCUT2D eigenvalue weighted by Gasteiger charge is -2.22. The van der Waals surface area contributed by atoms with Crippen molar-refractivity contribution in [1.82, 2.24) is 10.9 Å². The number of hydrogen-bond donors (Lipinski definition) is 3. The maximum Gasteiger partial charge on any atom is 0.426 e. The summed E-state index contributed by atoms with van der Waals surface area (Å²) >= 11 is 5.50. The molecule has 0 bridgehead atoms. The highest BCUT2D eigenvalue weighted by Gasteiger charge is 2.27. The maximum absolute atomic E-state index is 13.5. The van der Waals surface area contributed by atoms with Gasteiger partial charge in [0, 0.05) is 5.88 Å². The molecule has 0 aliphatic heterocycles. The highest BCUT2D eigenvalue weighted by atomic mass is 35.5. The molecule has 1 aromatic rings. The number of aliphatic hydroxyl groups is 1. The molecule has 0 aromatic heterocycles. The molecule has 0 fully saturated rings. The number of amides is 2. The largest absolute Gasteiger partial charge is 0.443 e. The van der Waals surface area contributed by atoms with E-state index in [0.29, 0.717) is 12.1 Å². The van der Waals surface area contributed by atoms with Crippen molar-refractivity contribution in [2.45, 2.75) is 44.8 Å². The summed E-state index contributed by atoms with van der Waals surface area (Å²) in [6.45, 7) is 4.83. The summed E-state index contributed by atoms with van der Waals surface area (Å²) in [5.41, 5.74) is 2.97. The van der Waals surface area contributed by atoms with Crippen LogP contribution < -0.4 is 10.9 Å². The van der Waals surface area contributed by atoms with Gasteiger partial charge >= 0.3 is 6.09 Å². The lowest BCUT2D eigenvalue weighted by molar-refractivity contribution is -0.124. The Labute approximate surface area is 153 Å². The van der Waals surface area contributed by atoms with Crippen molar-refractivity contribution in [3.05, 3.63) is 35.1 Å². The van der Waals surface area contributed by atoms with Crippen molar-refractivity contribution in [1.29, 1.82) is 0 Å². The Bertz CT molecular complexity index is 644. The van der Waals surface area contributed by atoms with Crippen LogP contribution in [0.2, 0.25) is 0 Å². The molecule has 0 aliphatic carbocycles. The van der Waals surface area contributed by atoms with E-state index in [-0.39, 0.29) is 17.9 Å². The zero-order valence-electron chi connectivity index (χ0n) is 14.4. The molecule has 0 aliphatic rings. The van der Waals surface area contributed by atoms with E-state index in [9.17, 15) is 27.9 Å². The van der Waals surface area contributed by atoms with Crippen LogP contribution in [0.25, 0.3) is 0 Å². The molecule has 146 valence electrons. The normalized spacial score (nSPS) is 13.7. The first kappa shape index (κ1) is 22.0. The van der Waals surface area contributed by atoms with Crippen molar-refractivity contribution in [3.8, 4) is 0 Å². The van der Waals surface area contributed by atoms with Crippen LogP contribution in [0.3, 0.4) is 0 Å². The summed E-state index contributed by atoms with van der Waals surface area (Å²) < 4.78 is 45.0. The monoisotopic (exact) mass is 396 g/mol.